The largest absolute Gasteiger partial charge is 0.368 e. The van der Waals surface area contributed by atoms with Gasteiger partial charge >= 0.3 is 0 Å². The second-order valence-corrected chi connectivity index (χ2v) is 5.02. The summed E-state index contributed by atoms with van der Waals surface area (Å²) in [4.78, 5) is 22.4. The van der Waals surface area contributed by atoms with Crippen molar-refractivity contribution in [3.05, 3.63) is 66.3 Å². The van der Waals surface area contributed by atoms with Crippen molar-refractivity contribution in [2.24, 2.45) is 0 Å². The molecule has 5 nitrogen and oxygen atoms in total. The lowest BCUT2D eigenvalue weighted by molar-refractivity contribution is -0.133. The number of carbonyl (C=O) groups excluding carboxylic acids is 1. The lowest BCUT2D eigenvalue weighted by atomic mass is 10.2. The highest BCUT2D eigenvalue weighted by atomic mass is 16.5. The maximum atomic E-state index is 12.3. The zero-order chi connectivity index (χ0) is 15.2. The summed E-state index contributed by atoms with van der Waals surface area (Å²) in [5, 5.41) is 0. The van der Waals surface area contributed by atoms with Crippen LogP contribution in [0.15, 0.2) is 55.0 Å². The third-order valence-electron chi connectivity index (χ3n) is 3.51. The van der Waals surface area contributed by atoms with Crippen molar-refractivity contribution in [2.45, 2.75) is 6.10 Å². The number of aromatic nitrogens is 2. The highest BCUT2D eigenvalue weighted by molar-refractivity contribution is 5.91. The monoisotopic (exact) mass is 295 g/mol. The molecule has 1 saturated heterocycles. The molecular formula is C17H17N3O2. The van der Waals surface area contributed by atoms with Crippen LogP contribution in [0.5, 0.6) is 0 Å². The molecule has 1 aromatic heterocycles. The first-order chi connectivity index (χ1) is 10.8. The number of ether oxygens (including phenoxy) is 1. The number of nitrogens with zero attached hydrogens (tertiary/aromatic N) is 3. The van der Waals surface area contributed by atoms with Gasteiger partial charge < -0.3 is 9.64 Å². The lowest BCUT2D eigenvalue weighted by Gasteiger charge is -2.31. The topological polar surface area (TPSA) is 55.3 Å². The molecule has 22 heavy (non-hydrogen) atoms. The fourth-order valence-corrected chi connectivity index (χ4v) is 2.34. The first-order valence-corrected chi connectivity index (χ1v) is 7.22. The van der Waals surface area contributed by atoms with Gasteiger partial charge in [0.2, 0.25) is 5.91 Å². The molecule has 0 bridgehead atoms. The van der Waals surface area contributed by atoms with Crippen molar-refractivity contribution in [1.29, 1.82) is 0 Å². The number of carbonyl (C=O) groups is 1. The van der Waals surface area contributed by atoms with Gasteiger partial charge in [0.15, 0.2) is 0 Å². The van der Waals surface area contributed by atoms with Crippen molar-refractivity contribution >= 4 is 12.0 Å². The molecule has 1 fully saturated rings. The Bertz CT molecular complexity index is 643. The molecule has 0 unspecified atom stereocenters. The van der Waals surface area contributed by atoms with E-state index < -0.39 is 0 Å². The van der Waals surface area contributed by atoms with Gasteiger partial charge in [-0.3, -0.25) is 14.8 Å². The van der Waals surface area contributed by atoms with Gasteiger partial charge in [0, 0.05) is 25.0 Å². The molecule has 0 radical (unpaired) electrons. The predicted octanol–water partition coefficient (Wildman–Crippen LogP) is 2.09. The van der Waals surface area contributed by atoms with E-state index in [0.29, 0.717) is 19.7 Å². The molecule has 2 aromatic rings. The van der Waals surface area contributed by atoms with Crippen molar-refractivity contribution in [3.8, 4) is 0 Å². The van der Waals surface area contributed by atoms with Crippen molar-refractivity contribution in [1.82, 2.24) is 14.9 Å². The SMILES string of the molecule is O=C(/C=C/c1ccccc1)N1CCO[C@@H](c2cnccn2)C1. The maximum Gasteiger partial charge on any atom is 0.246 e. The van der Waals surface area contributed by atoms with Gasteiger partial charge in [0.25, 0.3) is 0 Å². The van der Waals surface area contributed by atoms with Gasteiger partial charge in [0.1, 0.15) is 6.10 Å². The van der Waals surface area contributed by atoms with Crippen LogP contribution in [-0.2, 0) is 9.53 Å². The minimum absolute atomic E-state index is 0.0129. The van der Waals surface area contributed by atoms with Crippen LogP contribution in [0.1, 0.15) is 17.4 Å². The van der Waals surface area contributed by atoms with E-state index in [4.69, 9.17) is 4.74 Å². The molecule has 1 aromatic carbocycles. The van der Waals surface area contributed by atoms with Crippen molar-refractivity contribution < 1.29 is 9.53 Å². The quantitative estimate of drug-likeness (QED) is 0.814. The van der Waals surface area contributed by atoms with Gasteiger partial charge in [-0.1, -0.05) is 30.3 Å². The molecular weight excluding hydrogens is 278 g/mol. The Morgan fingerprint density at radius 2 is 2.14 bits per heavy atom. The van der Waals surface area contributed by atoms with Gasteiger partial charge in [-0.2, -0.15) is 0 Å². The first kappa shape index (κ1) is 14.4. The van der Waals surface area contributed by atoms with Crippen LogP contribution in [0.4, 0.5) is 0 Å². The van der Waals surface area contributed by atoms with E-state index in [-0.39, 0.29) is 12.0 Å². The van der Waals surface area contributed by atoms with Crippen LogP contribution in [0.3, 0.4) is 0 Å². The number of hydrogen-bond acceptors (Lipinski definition) is 4. The zero-order valence-corrected chi connectivity index (χ0v) is 12.1. The van der Waals surface area contributed by atoms with Crippen molar-refractivity contribution in [3.63, 3.8) is 0 Å². The lowest BCUT2D eigenvalue weighted by Crippen LogP contribution is -2.41. The molecule has 1 aliphatic heterocycles. The van der Waals surface area contributed by atoms with E-state index in [1.807, 2.05) is 36.4 Å². The minimum atomic E-state index is -0.212. The van der Waals surface area contributed by atoms with Crippen LogP contribution in [0, 0.1) is 0 Å². The van der Waals surface area contributed by atoms with E-state index in [1.165, 1.54) is 0 Å². The number of benzene rings is 1. The standard InChI is InChI=1S/C17H17N3O2/c21-17(7-6-14-4-2-1-3-5-14)20-10-11-22-16(13-20)15-12-18-8-9-19-15/h1-9,12,16H,10-11,13H2/b7-6+/t16-/m1/s1. The molecule has 0 aliphatic carbocycles. The Labute approximate surface area is 129 Å². The molecule has 3 rings (SSSR count). The molecule has 112 valence electrons. The summed E-state index contributed by atoms with van der Waals surface area (Å²) in [6, 6.07) is 9.77. The zero-order valence-electron chi connectivity index (χ0n) is 12.1. The third kappa shape index (κ3) is 3.56. The average molecular weight is 295 g/mol. The van der Waals surface area contributed by atoms with Gasteiger partial charge in [-0.05, 0) is 11.6 Å². The summed E-state index contributed by atoms with van der Waals surface area (Å²) in [7, 11) is 0. The average Bonchev–Trinajstić information content (AvgIpc) is 2.61. The highest BCUT2D eigenvalue weighted by Gasteiger charge is 2.25. The maximum absolute atomic E-state index is 12.3. The molecule has 0 saturated carbocycles. The highest BCUT2D eigenvalue weighted by Crippen LogP contribution is 2.19. The summed E-state index contributed by atoms with van der Waals surface area (Å²) in [6.07, 6.45) is 8.16. The molecule has 0 spiro atoms. The Morgan fingerprint density at radius 3 is 2.91 bits per heavy atom. The molecule has 2 heterocycles. The summed E-state index contributed by atoms with van der Waals surface area (Å²) in [5.41, 5.74) is 1.77. The molecule has 5 heteroatoms. The third-order valence-corrected chi connectivity index (χ3v) is 3.51. The fourth-order valence-electron chi connectivity index (χ4n) is 2.34. The summed E-state index contributed by atoms with van der Waals surface area (Å²) < 4.78 is 5.69. The fraction of sp³-hybridized carbons (Fsp3) is 0.235. The first-order valence-electron chi connectivity index (χ1n) is 7.22. The molecule has 1 aliphatic rings. The second kappa shape index (κ2) is 6.95. The Hall–Kier alpha value is -2.53. The normalized spacial score (nSPS) is 18.5. The number of hydrogen-bond donors (Lipinski definition) is 0. The van der Waals surface area contributed by atoms with E-state index in [2.05, 4.69) is 9.97 Å². The summed E-state index contributed by atoms with van der Waals surface area (Å²) >= 11 is 0. The summed E-state index contributed by atoms with van der Waals surface area (Å²) in [5.74, 6) is -0.0129. The van der Waals surface area contributed by atoms with Crippen LogP contribution in [-0.4, -0.2) is 40.5 Å². The van der Waals surface area contributed by atoms with Gasteiger partial charge in [-0.15, -0.1) is 0 Å². The molecule has 1 atom stereocenters. The predicted molar refractivity (Wildman–Crippen MR) is 82.8 cm³/mol. The Balaban J connectivity index is 1.64. The Kier molecular flexibility index (Phi) is 4.56. The van der Waals surface area contributed by atoms with Crippen molar-refractivity contribution in [2.75, 3.05) is 19.7 Å². The van der Waals surface area contributed by atoms with Gasteiger partial charge in [0.05, 0.1) is 25.0 Å². The van der Waals surface area contributed by atoms with Crippen LogP contribution >= 0.6 is 0 Å². The number of morpholine rings is 1. The number of amides is 1. The van der Waals surface area contributed by atoms with E-state index in [9.17, 15) is 4.79 Å². The summed E-state index contributed by atoms with van der Waals surface area (Å²) in [6.45, 7) is 1.59. The second-order valence-electron chi connectivity index (χ2n) is 5.02. The molecule has 0 N–H and O–H groups in total. The smallest absolute Gasteiger partial charge is 0.246 e. The van der Waals surface area contributed by atoms with Crippen LogP contribution in [0.25, 0.3) is 6.08 Å². The van der Waals surface area contributed by atoms with E-state index in [1.54, 1.807) is 29.6 Å². The van der Waals surface area contributed by atoms with Gasteiger partial charge in [-0.25, -0.2) is 0 Å². The molecule has 1 amide bonds. The van der Waals surface area contributed by atoms with Crippen LogP contribution < -0.4 is 0 Å². The van der Waals surface area contributed by atoms with E-state index >= 15 is 0 Å². The Morgan fingerprint density at radius 1 is 1.27 bits per heavy atom. The van der Waals surface area contributed by atoms with Crippen LogP contribution in [0.2, 0.25) is 0 Å². The minimum Gasteiger partial charge on any atom is -0.368 e. The number of rotatable bonds is 3. The van der Waals surface area contributed by atoms with E-state index in [0.717, 1.165) is 11.3 Å².